The number of aromatic carboxylic acids is 1. The van der Waals surface area contributed by atoms with Crippen molar-refractivity contribution in [1.29, 1.82) is 0 Å². The van der Waals surface area contributed by atoms with Gasteiger partial charge < -0.3 is 9.84 Å². The quantitative estimate of drug-likeness (QED) is 0.855. The SMILES string of the molecule is CCn1nc(C(C)(C)C)c(C(=O)O)c1OC. The van der Waals surface area contributed by atoms with Crippen LogP contribution in [0.2, 0.25) is 0 Å². The molecule has 1 aromatic heterocycles. The van der Waals surface area contributed by atoms with Crippen molar-refractivity contribution in [3.8, 4) is 5.88 Å². The van der Waals surface area contributed by atoms with Gasteiger partial charge in [-0.05, 0) is 6.92 Å². The standard InChI is InChI=1S/C11H18N2O3/c1-6-13-9(16-5)7(10(14)15)8(12-13)11(2,3)4/h6H2,1-5H3,(H,14,15). The van der Waals surface area contributed by atoms with Gasteiger partial charge in [-0.3, -0.25) is 0 Å². The number of nitrogens with zero attached hydrogens (tertiary/aromatic N) is 2. The number of aryl methyl sites for hydroxylation is 1. The number of hydrogen-bond donors (Lipinski definition) is 1. The van der Waals surface area contributed by atoms with Crippen LogP contribution in [0.15, 0.2) is 0 Å². The minimum absolute atomic E-state index is 0.164. The van der Waals surface area contributed by atoms with Crippen molar-refractivity contribution in [3.63, 3.8) is 0 Å². The van der Waals surface area contributed by atoms with E-state index in [1.165, 1.54) is 7.11 Å². The molecule has 0 atom stereocenters. The Kier molecular flexibility index (Phi) is 3.26. The van der Waals surface area contributed by atoms with E-state index >= 15 is 0 Å². The van der Waals surface area contributed by atoms with Gasteiger partial charge in [0.1, 0.15) is 5.56 Å². The highest BCUT2D eigenvalue weighted by molar-refractivity contribution is 5.92. The summed E-state index contributed by atoms with van der Waals surface area (Å²) < 4.78 is 6.70. The molecule has 0 saturated heterocycles. The van der Waals surface area contributed by atoms with Crippen molar-refractivity contribution in [2.75, 3.05) is 7.11 Å². The Labute approximate surface area is 95.0 Å². The number of rotatable bonds is 3. The molecule has 0 fully saturated rings. The molecule has 0 bridgehead atoms. The van der Waals surface area contributed by atoms with Gasteiger partial charge in [0.15, 0.2) is 0 Å². The Hall–Kier alpha value is -1.52. The summed E-state index contributed by atoms with van der Waals surface area (Å²) in [5.74, 6) is -0.679. The molecule has 90 valence electrons. The summed E-state index contributed by atoms with van der Waals surface area (Å²) in [4.78, 5) is 11.2. The highest BCUT2D eigenvalue weighted by Gasteiger charge is 2.31. The zero-order chi connectivity index (χ0) is 12.5. The van der Waals surface area contributed by atoms with Crippen LogP contribution in [0.5, 0.6) is 5.88 Å². The van der Waals surface area contributed by atoms with E-state index in [1.807, 2.05) is 27.7 Å². The van der Waals surface area contributed by atoms with Gasteiger partial charge in [-0.25, -0.2) is 9.48 Å². The third kappa shape index (κ3) is 2.03. The molecule has 0 aliphatic carbocycles. The average Bonchev–Trinajstić information content (AvgIpc) is 2.54. The van der Waals surface area contributed by atoms with Gasteiger partial charge in [0.25, 0.3) is 0 Å². The number of hydrogen-bond acceptors (Lipinski definition) is 3. The molecule has 0 radical (unpaired) electrons. The van der Waals surface area contributed by atoms with Gasteiger partial charge in [-0.1, -0.05) is 20.8 Å². The Morgan fingerprint density at radius 3 is 2.38 bits per heavy atom. The van der Waals surface area contributed by atoms with E-state index in [1.54, 1.807) is 4.68 Å². The van der Waals surface area contributed by atoms with Crippen LogP contribution >= 0.6 is 0 Å². The van der Waals surface area contributed by atoms with E-state index in [9.17, 15) is 9.90 Å². The lowest BCUT2D eigenvalue weighted by molar-refractivity contribution is 0.0690. The van der Waals surface area contributed by atoms with Crippen LogP contribution in [-0.4, -0.2) is 28.0 Å². The smallest absolute Gasteiger partial charge is 0.343 e. The minimum atomic E-state index is -0.999. The van der Waals surface area contributed by atoms with E-state index in [-0.39, 0.29) is 11.0 Å². The maximum atomic E-state index is 11.2. The molecule has 0 aliphatic rings. The summed E-state index contributed by atoms with van der Waals surface area (Å²) in [5.41, 5.74) is 0.400. The molecule has 1 rings (SSSR count). The first kappa shape index (κ1) is 12.5. The van der Waals surface area contributed by atoms with Crippen LogP contribution in [0.4, 0.5) is 0 Å². The molecular formula is C11H18N2O3. The number of methoxy groups -OCH3 is 1. The molecule has 5 nitrogen and oxygen atoms in total. The molecule has 0 spiro atoms. The highest BCUT2D eigenvalue weighted by atomic mass is 16.5. The minimum Gasteiger partial charge on any atom is -0.481 e. The molecule has 0 aliphatic heterocycles. The zero-order valence-corrected chi connectivity index (χ0v) is 10.4. The molecule has 16 heavy (non-hydrogen) atoms. The topological polar surface area (TPSA) is 64.4 Å². The summed E-state index contributed by atoms with van der Waals surface area (Å²) >= 11 is 0. The lowest BCUT2D eigenvalue weighted by Crippen LogP contribution is -2.16. The van der Waals surface area contributed by atoms with Gasteiger partial charge in [-0.15, -0.1) is 0 Å². The van der Waals surface area contributed by atoms with E-state index < -0.39 is 5.97 Å². The Morgan fingerprint density at radius 1 is 1.50 bits per heavy atom. The fourth-order valence-corrected chi connectivity index (χ4v) is 1.59. The number of carboxylic acid groups (broad SMARTS) is 1. The van der Waals surface area contributed by atoms with Crippen LogP contribution in [0.1, 0.15) is 43.7 Å². The van der Waals surface area contributed by atoms with Crippen molar-refractivity contribution in [1.82, 2.24) is 9.78 Å². The fraction of sp³-hybridized carbons (Fsp3) is 0.636. The second-order valence-electron chi connectivity index (χ2n) is 4.60. The van der Waals surface area contributed by atoms with Crippen molar-refractivity contribution in [3.05, 3.63) is 11.3 Å². The second kappa shape index (κ2) is 4.15. The van der Waals surface area contributed by atoms with Gasteiger partial charge in [0.05, 0.1) is 12.8 Å². The molecule has 0 unspecified atom stereocenters. The van der Waals surface area contributed by atoms with E-state index in [0.717, 1.165) is 0 Å². The average molecular weight is 226 g/mol. The number of carbonyl (C=O) groups is 1. The maximum Gasteiger partial charge on any atom is 0.343 e. The molecule has 0 aromatic carbocycles. The first-order valence-corrected chi connectivity index (χ1v) is 5.21. The summed E-state index contributed by atoms with van der Waals surface area (Å²) in [6.07, 6.45) is 0. The molecule has 5 heteroatoms. The monoisotopic (exact) mass is 226 g/mol. The number of aromatic nitrogens is 2. The molecular weight excluding hydrogens is 208 g/mol. The largest absolute Gasteiger partial charge is 0.481 e. The second-order valence-corrected chi connectivity index (χ2v) is 4.60. The summed E-state index contributed by atoms with van der Waals surface area (Å²) in [6.45, 7) is 8.27. The summed E-state index contributed by atoms with van der Waals surface area (Å²) in [5, 5.41) is 13.5. The van der Waals surface area contributed by atoms with Crippen molar-refractivity contribution < 1.29 is 14.6 Å². The Bertz CT molecular complexity index is 402. The molecule has 1 heterocycles. The van der Waals surface area contributed by atoms with E-state index in [4.69, 9.17) is 4.74 Å². The zero-order valence-electron chi connectivity index (χ0n) is 10.4. The lowest BCUT2D eigenvalue weighted by atomic mass is 9.89. The van der Waals surface area contributed by atoms with Gasteiger partial charge in [0, 0.05) is 12.0 Å². The molecule has 1 aromatic rings. The van der Waals surface area contributed by atoms with Crippen molar-refractivity contribution in [2.24, 2.45) is 0 Å². The van der Waals surface area contributed by atoms with Crippen LogP contribution in [-0.2, 0) is 12.0 Å². The van der Waals surface area contributed by atoms with Crippen LogP contribution in [0.25, 0.3) is 0 Å². The summed E-state index contributed by atoms with van der Waals surface area (Å²) in [7, 11) is 1.46. The highest BCUT2D eigenvalue weighted by Crippen LogP contribution is 2.31. The predicted octanol–water partition coefficient (Wildman–Crippen LogP) is 1.91. The van der Waals surface area contributed by atoms with Crippen molar-refractivity contribution >= 4 is 5.97 Å². The van der Waals surface area contributed by atoms with Gasteiger partial charge in [-0.2, -0.15) is 5.10 Å². The summed E-state index contributed by atoms with van der Waals surface area (Å²) in [6, 6.07) is 0. The molecule has 0 saturated carbocycles. The maximum absolute atomic E-state index is 11.2. The Morgan fingerprint density at radius 2 is 2.06 bits per heavy atom. The molecule has 0 amide bonds. The molecule has 1 N–H and O–H groups in total. The predicted molar refractivity (Wildman–Crippen MR) is 60.1 cm³/mol. The normalized spacial score (nSPS) is 11.6. The van der Waals surface area contributed by atoms with Gasteiger partial charge >= 0.3 is 5.97 Å². The van der Waals surface area contributed by atoms with E-state index in [2.05, 4.69) is 5.10 Å². The number of carboxylic acids is 1. The van der Waals surface area contributed by atoms with Crippen LogP contribution in [0, 0.1) is 0 Å². The van der Waals surface area contributed by atoms with Gasteiger partial charge in [0.2, 0.25) is 5.88 Å². The van der Waals surface area contributed by atoms with E-state index in [0.29, 0.717) is 18.1 Å². The van der Waals surface area contributed by atoms with Crippen LogP contribution in [0.3, 0.4) is 0 Å². The fourth-order valence-electron chi connectivity index (χ4n) is 1.59. The third-order valence-electron chi connectivity index (χ3n) is 2.32. The van der Waals surface area contributed by atoms with Crippen LogP contribution < -0.4 is 4.74 Å². The first-order valence-electron chi connectivity index (χ1n) is 5.21. The van der Waals surface area contributed by atoms with Crippen molar-refractivity contribution in [2.45, 2.75) is 39.7 Å². The Balaban J connectivity index is 3.50. The number of ether oxygens (including phenoxy) is 1. The third-order valence-corrected chi connectivity index (χ3v) is 2.32. The first-order chi connectivity index (χ1) is 7.32. The lowest BCUT2D eigenvalue weighted by Gasteiger charge is -2.15.